The fraction of sp³-hybridized carbons (Fsp3) is 0.318. The molecule has 0 radical (unpaired) electrons. The molecule has 2 fully saturated rings. The molecule has 2 saturated carbocycles. The largest absolute Gasteiger partial charge is 0.349 e. The molecule has 0 unspecified atom stereocenters. The summed E-state index contributed by atoms with van der Waals surface area (Å²) in [6.45, 7) is 0. The zero-order valence-corrected chi connectivity index (χ0v) is 19.7. The van der Waals surface area contributed by atoms with Crippen LogP contribution in [0.4, 0.5) is 14.5 Å². The molecule has 172 valence electrons. The van der Waals surface area contributed by atoms with Crippen molar-refractivity contribution < 1.29 is 18.4 Å². The second kappa shape index (κ2) is 8.59. The standard InChI is InChI=1S/C22H15Cl4F2N3O2/c23-12-4-10(9-29)3-11(5-12)17-18(22(17,25)26)20(33)30-13-1-2-16(24)15(6-13)19(32)31-14-7-21(27,28)8-14/h1-6,14,17-18H,7-8H2,(H,30,33)(H,31,32)/t17-,18+/m0/s1. The number of rotatable bonds is 5. The second-order valence-electron chi connectivity index (χ2n) is 8.13. The Labute approximate surface area is 207 Å². The smallest absolute Gasteiger partial charge is 0.253 e. The fourth-order valence-electron chi connectivity index (χ4n) is 3.95. The Balaban J connectivity index is 1.48. The lowest BCUT2D eigenvalue weighted by molar-refractivity contribution is -0.117. The van der Waals surface area contributed by atoms with Crippen molar-refractivity contribution in [1.29, 1.82) is 5.26 Å². The first-order valence-electron chi connectivity index (χ1n) is 9.79. The zero-order valence-electron chi connectivity index (χ0n) is 16.6. The van der Waals surface area contributed by atoms with Gasteiger partial charge in [-0.25, -0.2) is 8.78 Å². The Bertz CT molecular complexity index is 1190. The van der Waals surface area contributed by atoms with Gasteiger partial charge in [0.1, 0.15) is 4.33 Å². The van der Waals surface area contributed by atoms with Crippen molar-refractivity contribution in [3.63, 3.8) is 0 Å². The molecule has 0 aromatic heterocycles. The molecule has 2 aliphatic carbocycles. The highest BCUT2D eigenvalue weighted by molar-refractivity contribution is 6.53. The van der Waals surface area contributed by atoms with Gasteiger partial charge >= 0.3 is 0 Å². The van der Waals surface area contributed by atoms with E-state index >= 15 is 0 Å². The number of anilines is 1. The predicted octanol–water partition coefficient (Wildman–Crippen LogP) is 5.92. The van der Waals surface area contributed by atoms with Gasteiger partial charge in [0.25, 0.3) is 11.8 Å². The van der Waals surface area contributed by atoms with E-state index in [1.54, 1.807) is 12.1 Å². The van der Waals surface area contributed by atoms with E-state index in [0.29, 0.717) is 16.1 Å². The maximum absolute atomic E-state index is 13.0. The Morgan fingerprint density at radius 1 is 1.09 bits per heavy atom. The predicted molar refractivity (Wildman–Crippen MR) is 122 cm³/mol. The summed E-state index contributed by atoms with van der Waals surface area (Å²) >= 11 is 24.9. The first kappa shape index (κ1) is 24.0. The van der Waals surface area contributed by atoms with Crippen molar-refractivity contribution in [2.24, 2.45) is 5.92 Å². The average molecular weight is 533 g/mol. The fourth-order valence-corrected chi connectivity index (χ4v) is 5.22. The van der Waals surface area contributed by atoms with Crippen LogP contribution in [-0.2, 0) is 4.79 Å². The first-order chi connectivity index (χ1) is 15.4. The van der Waals surface area contributed by atoms with Crippen molar-refractivity contribution in [2.45, 2.75) is 35.1 Å². The van der Waals surface area contributed by atoms with Crippen LogP contribution in [0.3, 0.4) is 0 Å². The molecular formula is C22H15Cl4F2N3O2. The van der Waals surface area contributed by atoms with Crippen molar-refractivity contribution in [3.8, 4) is 6.07 Å². The van der Waals surface area contributed by atoms with Gasteiger partial charge in [-0.3, -0.25) is 9.59 Å². The third-order valence-corrected chi connectivity index (χ3v) is 7.14. The molecule has 0 heterocycles. The number of alkyl halides is 4. The number of carbonyl (C=O) groups excluding carboxylic acids is 2. The normalized spacial score (nSPS) is 22.6. The SMILES string of the molecule is N#Cc1cc(Cl)cc([C@H]2[C@H](C(=O)Nc3ccc(Cl)c(C(=O)NC4CC(F)(F)C4)c3)C2(Cl)Cl)c1. The van der Waals surface area contributed by atoms with Crippen LogP contribution >= 0.6 is 46.4 Å². The Hall–Kier alpha value is -2.11. The molecule has 33 heavy (non-hydrogen) atoms. The van der Waals surface area contributed by atoms with E-state index in [2.05, 4.69) is 10.6 Å². The molecule has 0 bridgehead atoms. The molecule has 2 N–H and O–H groups in total. The molecule has 11 heteroatoms. The molecule has 4 rings (SSSR count). The topological polar surface area (TPSA) is 82.0 Å². The van der Waals surface area contributed by atoms with Gasteiger partial charge in [0.15, 0.2) is 0 Å². The molecule has 2 aliphatic rings. The molecule has 0 aliphatic heterocycles. The van der Waals surface area contributed by atoms with Gasteiger partial charge in [-0.15, -0.1) is 23.2 Å². The summed E-state index contributed by atoms with van der Waals surface area (Å²) in [6.07, 6.45) is -0.860. The Kier molecular flexibility index (Phi) is 6.25. The van der Waals surface area contributed by atoms with E-state index < -0.39 is 52.8 Å². The highest BCUT2D eigenvalue weighted by Crippen LogP contribution is 2.65. The summed E-state index contributed by atoms with van der Waals surface area (Å²) in [6, 6.07) is 10.2. The molecule has 2 aromatic rings. The van der Waals surface area contributed by atoms with E-state index in [0.717, 1.165) is 0 Å². The minimum atomic E-state index is -2.77. The highest BCUT2D eigenvalue weighted by atomic mass is 35.5. The number of amides is 2. The number of hydrogen-bond acceptors (Lipinski definition) is 3. The molecule has 5 nitrogen and oxygen atoms in total. The minimum Gasteiger partial charge on any atom is -0.349 e. The first-order valence-corrected chi connectivity index (χ1v) is 11.3. The molecular weight excluding hydrogens is 518 g/mol. The maximum atomic E-state index is 13.0. The summed E-state index contributed by atoms with van der Waals surface area (Å²) < 4.78 is 24.6. The van der Waals surface area contributed by atoms with Crippen molar-refractivity contribution >= 4 is 63.9 Å². The van der Waals surface area contributed by atoms with Gasteiger partial charge in [0.2, 0.25) is 5.91 Å². The number of carbonyl (C=O) groups is 2. The van der Waals surface area contributed by atoms with Gasteiger partial charge < -0.3 is 10.6 Å². The second-order valence-corrected chi connectivity index (χ2v) is 10.4. The lowest BCUT2D eigenvalue weighted by Crippen LogP contribution is -2.50. The van der Waals surface area contributed by atoms with Crippen LogP contribution in [0.15, 0.2) is 36.4 Å². The summed E-state index contributed by atoms with van der Waals surface area (Å²) in [4.78, 5) is 25.4. The summed E-state index contributed by atoms with van der Waals surface area (Å²) in [5.41, 5.74) is 1.16. The number of nitrogens with zero attached hydrogens (tertiary/aromatic N) is 1. The number of nitriles is 1. The van der Waals surface area contributed by atoms with Crippen molar-refractivity contribution in [3.05, 3.63) is 63.1 Å². The minimum absolute atomic E-state index is 0.0357. The monoisotopic (exact) mass is 531 g/mol. The average Bonchev–Trinajstić information content (AvgIpc) is 3.29. The van der Waals surface area contributed by atoms with Crippen molar-refractivity contribution in [2.75, 3.05) is 5.32 Å². The van der Waals surface area contributed by atoms with E-state index in [4.69, 9.17) is 51.7 Å². The van der Waals surface area contributed by atoms with Crippen LogP contribution in [0.1, 0.15) is 40.2 Å². The molecule has 0 saturated heterocycles. The van der Waals surface area contributed by atoms with Gasteiger partial charge in [-0.1, -0.05) is 23.2 Å². The van der Waals surface area contributed by atoms with Gasteiger partial charge in [-0.05, 0) is 42.0 Å². The van der Waals surface area contributed by atoms with E-state index in [9.17, 15) is 18.4 Å². The Morgan fingerprint density at radius 3 is 2.42 bits per heavy atom. The highest BCUT2D eigenvalue weighted by Gasteiger charge is 2.67. The molecule has 2 amide bonds. The van der Waals surface area contributed by atoms with E-state index in [1.807, 2.05) is 6.07 Å². The molecule has 2 atom stereocenters. The van der Waals surface area contributed by atoms with Gasteiger partial charge in [0.05, 0.1) is 28.1 Å². The van der Waals surface area contributed by atoms with Crippen LogP contribution < -0.4 is 10.6 Å². The van der Waals surface area contributed by atoms with Crippen LogP contribution in [-0.4, -0.2) is 28.1 Å². The van der Waals surface area contributed by atoms with Crippen LogP contribution in [0, 0.1) is 17.2 Å². The maximum Gasteiger partial charge on any atom is 0.253 e. The number of nitrogens with one attached hydrogen (secondary N) is 2. The number of hydrogen-bond donors (Lipinski definition) is 2. The summed E-state index contributed by atoms with van der Waals surface area (Å²) in [5, 5.41) is 14.7. The van der Waals surface area contributed by atoms with E-state index in [-0.39, 0.29) is 16.3 Å². The van der Waals surface area contributed by atoms with Crippen LogP contribution in [0.2, 0.25) is 10.0 Å². The van der Waals surface area contributed by atoms with Gasteiger partial charge in [0, 0.05) is 35.5 Å². The quantitative estimate of drug-likeness (QED) is 0.469. The number of benzene rings is 2. The molecule has 0 spiro atoms. The number of halogens is 6. The van der Waals surface area contributed by atoms with Crippen LogP contribution in [0.25, 0.3) is 0 Å². The zero-order chi connectivity index (χ0) is 24.1. The lowest BCUT2D eigenvalue weighted by Gasteiger charge is -2.35. The summed E-state index contributed by atoms with van der Waals surface area (Å²) in [7, 11) is 0. The summed E-state index contributed by atoms with van der Waals surface area (Å²) in [5.74, 6) is -5.33. The lowest BCUT2D eigenvalue weighted by atomic mass is 9.88. The van der Waals surface area contributed by atoms with E-state index in [1.165, 1.54) is 24.3 Å². The Morgan fingerprint density at radius 2 is 1.79 bits per heavy atom. The van der Waals surface area contributed by atoms with Gasteiger partial charge in [-0.2, -0.15) is 5.26 Å². The third kappa shape index (κ3) is 4.90. The molecule has 2 aromatic carbocycles. The van der Waals surface area contributed by atoms with Crippen molar-refractivity contribution in [1.82, 2.24) is 5.32 Å². The van der Waals surface area contributed by atoms with Crippen LogP contribution in [0.5, 0.6) is 0 Å². The third-order valence-electron chi connectivity index (χ3n) is 5.65.